The number of nitrogens with one attached hydrogen (secondary N) is 2. The third-order valence-corrected chi connectivity index (χ3v) is 7.81. The molecule has 0 radical (unpaired) electrons. The standard InChI is InChI=1S/C25H34F3N5O3S/c1-7-17(25(26,27)28)31-18-11-13(2)16(12-29-18)20-19(23(35)33-10-8-9-14(33)3)32-22(37-20)21(34)30-15(4)24(5,6)36/h11-12,14-15,17,36H,7-10H2,1-6H3,(H,29,31)(H,30,34)/t14-,15+,17-/m0/s1. The van der Waals surface area contributed by atoms with Crippen molar-refractivity contribution in [1.82, 2.24) is 20.2 Å². The summed E-state index contributed by atoms with van der Waals surface area (Å²) in [5.74, 6) is -0.780. The number of rotatable bonds is 8. The number of likely N-dealkylation sites (tertiary alicyclic amines) is 1. The highest BCUT2D eigenvalue weighted by molar-refractivity contribution is 7.17. The highest BCUT2D eigenvalue weighted by Gasteiger charge is 2.38. The van der Waals surface area contributed by atoms with Crippen molar-refractivity contribution in [3.8, 4) is 10.4 Å². The van der Waals surface area contributed by atoms with Crippen LogP contribution in [0.2, 0.25) is 0 Å². The van der Waals surface area contributed by atoms with E-state index in [1.807, 2.05) is 6.92 Å². The number of amides is 2. The number of alkyl halides is 3. The summed E-state index contributed by atoms with van der Waals surface area (Å²) in [7, 11) is 0. The van der Waals surface area contributed by atoms with Crippen LogP contribution >= 0.6 is 11.3 Å². The number of hydrogen-bond donors (Lipinski definition) is 3. The number of carbonyl (C=O) groups is 2. The molecule has 204 valence electrons. The summed E-state index contributed by atoms with van der Waals surface area (Å²) in [4.78, 5) is 37.2. The van der Waals surface area contributed by atoms with Gasteiger partial charge in [0, 0.05) is 24.3 Å². The number of thiazole rings is 1. The number of pyridine rings is 1. The second-order valence-corrected chi connectivity index (χ2v) is 11.1. The molecular formula is C25H34F3N5O3S. The van der Waals surface area contributed by atoms with E-state index in [-0.39, 0.29) is 34.9 Å². The van der Waals surface area contributed by atoms with Gasteiger partial charge in [0.15, 0.2) is 5.01 Å². The molecule has 0 aliphatic carbocycles. The van der Waals surface area contributed by atoms with Crippen LogP contribution in [0.1, 0.15) is 79.7 Å². The second kappa shape index (κ2) is 10.9. The molecule has 3 N–H and O–H groups in total. The molecule has 1 fully saturated rings. The van der Waals surface area contributed by atoms with E-state index in [0.717, 1.165) is 24.2 Å². The predicted octanol–water partition coefficient (Wildman–Crippen LogP) is 4.78. The molecule has 8 nitrogen and oxygen atoms in total. The number of halogens is 3. The van der Waals surface area contributed by atoms with Crippen LogP contribution in [0, 0.1) is 6.92 Å². The van der Waals surface area contributed by atoms with Gasteiger partial charge in [-0.05, 0) is 65.5 Å². The van der Waals surface area contributed by atoms with Crippen LogP contribution in [0.4, 0.5) is 19.0 Å². The van der Waals surface area contributed by atoms with Crippen LogP contribution in [0.3, 0.4) is 0 Å². The van der Waals surface area contributed by atoms with Crippen molar-refractivity contribution in [2.24, 2.45) is 0 Å². The molecule has 0 aromatic carbocycles. The van der Waals surface area contributed by atoms with Gasteiger partial charge in [0.25, 0.3) is 11.8 Å². The van der Waals surface area contributed by atoms with Gasteiger partial charge in [-0.15, -0.1) is 11.3 Å². The summed E-state index contributed by atoms with van der Waals surface area (Å²) < 4.78 is 39.7. The summed E-state index contributed by atoms with van der Waals surface area (Å²) in [5.41, 5.74) is 0.0220. The van der Waals surface area contributed by atoms with Gasteiger partial charge < -0.3 is 20.6 Å². The monoisotopic (exact) mass is 541 g/mol. The van der Waals surface area contributed by atoms with Gasteiger partial charge in [-0.2, -0.15) is 13.2 Å². The summed E-state index contributed by atoms with van der Waals surface area (Å²) in [6.45, 7) is 10.5. The smallest absolute Gasteiger partial charge is 0.388 e. The lowest BCUT2D eigenvalue weighted by Crippen LogP contribution is -2.47. The van der Waals surface area contributed by atoms with Gasteiger partial charge in [0.05, 0.1) is 16.5 Å². The van der Waals surface area contributed by atoms with Crippen molar-refractivity contribution in [1.29, 1.82) is 0 Å². The topological polar surface area (TPSA) is 107 Å². The van der Waals surface area contributed by atoms with E-state index in [9.17, 15) is 27.9 Å². The fourth-order valence-corrected chi connectivity index (χ4v) is 5.05. The first-order valence-corrected chi connectivity index (χ1v) is 13.1. The molecule has 1 saturated heterocycles. The quantitative estimate of drug-likeness (QED) is 0.444. The number of carbonyl (C=O) groups excluding carboxylic acids is 2. The number of aliphatic hydroxyl groups is 1. The number of aromatic nitrogens is 2. The number of aryl methyl sites for hydroxylation is 1. The summed E-state index contributed by atoms with van der Waals surface area (Å²) in [6.07, 6.45) is -1.45. The Kier molecular flexibility index (Phi) is 8.53. The van der Waals surface area contributed by atoms with Gasteiger partial charge in [0.1, 0.15) is 17.6 Å². The molecule has 37 heavy (non-hydrogen) atoms. The SMILES string of the molecule is CC[C@H](Nc1cc(C)c(-c2sc(C(=O)N[C@H](C)C(C)(C)O)nc2C(=O)N2CCC[C@@H]2C)cn1)C(F)(F)F. The van der Waals surface area contributed by atoms with E-state index in [0.29, 0.717) is 22.5 Å². The normalized spacial score (nSPS) is 18.0. The largest absolute Gasteiger partial charge is 0.408 e. The molecule has 0 saturated carbocycles. The van der Waals surface area contributed by atoms with E-state index in [1.165, 1.54) is 19.2 Å². The Bertz CT molecular complexity index is 1150. The van der Waals surface area contributed by atoms with Crippen LogP contribution in [-0.4, -0.2) is 68.2 Å². The lowest BCUT2D eigenvalue weighted by atomic mass is 10.0. The van der Waals surface area contributed by atoms with Crippen LogP contribution in [0.15, 0.2) is 12.3 Å². The highest BCUT2D eigenvalue weighted by atomic mass is 32.1. The predicted molar refractivity (Wildman–Crippen MR) is 137 cm³/mol. The van der Waals surface area contributed by atoms with Crippen LogP contribution in [0.5, 0.6) is 0 Å². The van der Waals surface area contributed by atoms with Crippen molar-refractivity contribution in [2.45, 2.75) is 90.7 Å². The molecule has 2 aromatic heterocycles. The van der Waals surface area contributed by atoms with Gasteiger partial charge in [0.2, 0.25) is 0 Å². The Hall–Kier alpha value is -2.73. The Morgan fingerprint density at radius 2 is 2.00 bits per heavy atom. The summed E-state index contributed by atoms with van der Waals surface area (Å²) >= 11 is 1.01. The minimum Gasteiger partial charge on any atom is -0.388 e. The Morgan fingerprint density at radius 1 is 1.32 bits per heavy atom. The van der Waals surface area contributed by atoms with Crippen molar-refractivity contribution < 1.29 is 27.9 Å². The van der Waals surface area contributed by atoms with E-state index < -0.39 is 29.8 Å². The van der Waals surface area contributed by atoms with Crippen LogP contribution in [-0.2, 0) is 0 Å². The molecule has 1 aliphatic heterocycles. The second-order valence-electron chi connectivity index (χ2n) is 10.1. The average Bonchev–Trinajstić information content (AvgIpc) is 3.42. The maximum atomic E-state index is 13.5. The average molecular weight is 542 g/mol. The minimum atomic E-state index is -4.42. The fourth-order valence-electron chi connectivity index (χ4n) is 4.02. The molecule has 1 aliphatic rings. The first-order chi connectivity index (χ1) is 17.1. The van der Waals surface area contributed by atoms with E-state index in [4.69, 9.17) is 0 Å². The third kappa shape index (κ3) is 6.59. The van der Waals surface area contributed by atoms with Gasteiger partial charge in [-0.3, -0.25) is 9.59 Å². The molecule has 3 rings (SSSR count). The Labute approximate surface area is 218 Å². The van der Waals surface area contributed by atoms with Crippen molar-refractivity contribution in [3.63, 3.8) is 0 Å². The molecule has 12 heteroatoms. The van der Waals surface area contributed by atoms with E-state index >= 15 is 0 Å². The lowest BCUT2D eigenvalue weighted by molar-refractivity contribution is -0.142. The third-order valence-electron chi connectivity index (χ3n) is 6.73. The number of anilines is 1. The van der Waals surface area contributed by atoms with E-state index in [2.05, 4.69) is 20.6 Å². The Morgan fingerprint density at radius 3 is 2.51 bits per heavy atom. The van der Waals surface area contributed by atoms with Crippen LogP contribution < -0.4 is 10.6 Å². The lowest BCUT2D eigenvalue weighted by Gasteiger charge is -2.26. The molecular weight excluding hydrogens is 507 g/mol. The zero-order valence-electron chi connectivity index (χ0n) is 21.9. The molecule has 0 spiro atoms. The molecule has 3 atom stereocenters. The summed E-state index contributed by atoms with van der Waals surface area (Å²) in [5, 5.41) is 15.4. The first-order valence-electron chi connectivity index (χ1n) is 12.3. The minimum absolute atomic E-state index is 0.0219. The van der Waals surface area contributed by atoms with Crippen LogP contribution in [0.25, 0.3) is 10.4 Å². The Balaban J connectivity index is 2.01. The van der Waals surface area contributed by atoms with Crippen molar-refractivity contribution in [2.75, 3.05) is 11.9 Å². The molecule has 3 heterocycles. The van der Waals surface area contributed by atoms with Crippen molar-refractivity contribution in [3.05, 3.63) is 28.5 Å². The molecule has 0 bridgehead atoms. The van der Waals surface area contributed by atoms with Gasteiger partial charge in [-0.25, -0.2) is 9.97 Å². The molecule has 2 amide bonds. The zero-order valence-corrected chi connectivity index (χ0v) is 22.7. The maximum Gasteiger partial charge on any atom is 0.408 e. The summed E-state index contributed by atoms with van der Waals surface area (Å²) in [6, 6.07) is -0.810. The first kappa shape index (κ1) is 28.8. The van der Waals surface area contributed by atoms with E-state index in [1.54, 1.807) is 32.6 Å². The molecule has 0 unspecified atom stereocenters. The number of hydrogen-bond acceptors (Lipinski definition) is 7. The molecule has 2 aromatic rings. The number of nitrogens with zero attached hydrogens (tertiary/aromatic N) is 3. The highest BCUT2D eigenvalue weighted by Crippen LogP contribution is 2.36. The van der Waals surface area contributed by atoms with Gasteiger partial charge >= 0.3 is 6.18 Å². The maximum absolute atomic E-state index is 13.5. The van der Waals surface area contributed by atoms with Gasteiger partial charge in [-0.1, -0.05) is 6.92 Å². The fraction of sp³-hybridized carbons (Fsp3) is 0.600. The van der Waals surface area contributed by atoms with Crippen molar-refractivity contribution >= 4 is 29.0 Å². The zero-order chi connectivity index (χ0) is 27.7.